The minimum absolute atomic E-state index is 0.296. The minimum Gasteiger partial charge on any atom is -0.481 e. The van der Waals surface area contributed by atoms with Crippen LogP contribution in [0.15, 0.2) is 12.2 Å². The topological polar surface area (TPSA) is 63.6 Å². The fraction of sp³-hybridized carbons (Fsp3) is 0.846. The molecule has 1 rings (SSSR count). The summed E-state index contributed by atoms with van der Waals surface area (Å²) in [6.45, 7) is 2.69. The third-order valence-electron chi connectivity index (χ3n) is 6.29. The monoisotopic (exact) mass is 422 g/mol. The third kappa shape index (κ3) is 13.1. The van der Waals surface area contributed by atoms with Gasteiger partial charge in [0.1, 0.15) is 0 Å². The SMILES string of the molecule is CCCCCCCC/C=C/CCCCCCCCOC(=O)C1CCCCC1C(=O)O. The highest BCUT2D eigenvalue weighted by Gasteiger charge is 2.36. The Kier molecular flexibility index (Phi) is 16.4. The minimum atomic E-state index is -0.853. The highest BCUT2D eigenvalue weighted by molar-refractivity contribution is 5.81. The fourth-order valence-corrected chi connectivity index (χ4v) is 4.34. The van der Waals surface area contributed by atoms with Crippen LogP contribution in [0.1, 0.15) is 122 Å². The van der Waals surface area contributed by atoms with Crippen molar-refractivity contribution >= 4 is 11.9 Å². The molecule has 2 unspecified atom stereocenters. The summed E-state index contributed by atoms with van der Waals surface area (Å²) in [7, 11) is 0. The molecule has 1 aliphatic carbocycles. The van der Waals surface area contributed by atoms with Crippen LogP contribution >= 0.6 is 0 Å². The number of carboxylic acids is 1. The Morgan fingerprint density at radius 3 is 1.83 bits per heavy atom. The van der Waals surface area contributed by atoms with Gasteiger partial charge in [0.2, 0.25) is 0 Å². The average molecular weight is 423 g/mol. The maximum atomic E-state index is 12.2. The van der Waals surface area contributed by atoms with Crippen LogP contribution in [-0.4, -0.2) is 23.7 Å². The summed E-state index contributed by atoms with van der Waals surface area (Å²) in [5, 5.41) is 9.27. The van der Waals surface area contributed by atoms with Gasteiger partial charge >= 0.3 is 11.9 Å². The highest BCUT2D eigenvalue weighted by Crippen LogP contribution is 2.31. The van der Waals surface area contributed by atoms with E-state index in [2.05, 4.69) is 19.1 Å². The molecule has 0 aromatic rings. The summed E-state index contributed by atoms with van der Waals surface area (Å²) in [6.07, 6.45) is 25.3. The van der Waals surface area contributed by atoms with Crippen LogP contribution in [0.2, 0.25) is 0 Å². The van der Waals surface area contributed by atoms with Crippen LogP contribution in [0.3, 0.4) is 0 Å². The molecule has 1 N–H and O–H groups in total. The van der Waals surface area contributed by atoms with E-state index >= 15 is 0 Å². The summed E-state index contributed by atoms with van der Waals surface area (Å²) in [5.41, 5.74) is 0. The summed E-state index contributed by atoms with van der Waals surface area (Å²) >= 11 is 0. The van der Waals surface area contributed by atoms with Crippen molar-refractivity contribution in [2.75, 3.05) is 6.61 Å². The third-order valence-corrected chi connectivity index (χ3v) is 6.29. The van der Waals surface area contributed by atoms with Gasteiger partial charge in [0.15, 0.2) is 0 Å². The predicted octanol–water partition coefficient (Wildman–Crippen LogP) is 7.46. The molecular formula is C26H46O4. The van der Waals surface area contributed by atoms with Gasteiger partial charge in [-0.05, 0) is 44.9 Å². The van der Waals surface area contributed by atoms with Crippen LogP contribution in [0.4, 0.5) is 0 Å². The molecule has 174 valence electrons. The van der Waals surface area contributed by atoms with Crippen LogP contribution in [0.5, 0.6) is 0 Å². The first-order chi connectivity index (χ1) is 14.7. The van der Waals surface area contributed by atoms with Crippen molar-refractivity contribution in [1.82, 2.24) is 0 Å². The number of carbonyl (C=O) groups is 2. The average Bonchev–Trinajstić information content (AvgIpc) is 2.75. The number of carboxylic acid groups (broad SMARTS) is 1. The van der Waals surface area contributed by atoms with E-state index in [1.165, 1.54) is 77.0 Å². The number of esters is 1. The maximum Gasteiger partial charge on any atom is 0.309 e. The second-order valence-electron chi connectivity index (χ2n) is 8.94. The lowest BCUT2D eigenvalue weighted by Crippen LogP contribution is -2.33. The molecule has 4 nitrogen and oxygen atoms in total. The Bertz CT molecular complexity index is 472. The second kappa shape index (κ2) is 18.4. The number of ether oxygens (including phenoxy) is 1. The number of rotatable bonds is 18. The van der Waals surface area contributed by atoms with Gasteiger partial charge in [-0.1, -0.05) is 89.7 Å². The Balaban J connectivity index is 1.89. The van der Waals surface area contributed by atoms with Crippen LogP contribution in [0, 0.1) is 11.8 Å². The summed E-state index contributed by atoms with van der Waals surface area (Å²) in [6, 6.07) is 0. The summed E-state index contributed by atoms with van der Waals surface area (Å²) in [4.78, 5) is 23.5. The van der Waals surface area contributed by atoms with Crippen molar-refractivity contribution in [3.63, 3.8) is 0 Å². The molecule has 30 heavy (non-hydrogen) atoms. The maximum absolute atomic E-state index is 12.2. The highest BCUT2D eigenvalue weighted by atomic mass is 16.5. The largest absolute Gasteiger partial charge is 0.481 e. The first kappa shape index (κ1) is 26.7. The van der Waals surface area contributed by atoms with Crippen molar-refractivity contribution in [2.45, 2.75) is 122 Å². The Morgan fingerprint density at radius 1 is 0.767 bits per heavy atom. The van der Waals surface area contributed by atoms with Crippen LogP contribution < -0.4 is 0 Å². The molecule has 0 bridgehead atoms. The van der Waals surface area contributed by atoms with Gasteiger partial charge in [0.25, 0.3) is 0 Å². The molecule has 0 aromatic carbocycles. The molecule has 0 radical (unpaired) electrons. The number of hydrogen-bond donors (Lipinski definition) is 1. The molecule has 0 spiro atoms. The molecule has 1 aliphatic rings. The van der Waals surface area contributed by atoms with Crippen molar-refractivity contribution in [3.05, 3.63) is 12.2 Å². The van der Waals surface area contributed by atoms with Gasteiger partial charge in [-0.2, -0.15) is 0 Å². The lowest BCUT2D eigenvalue weighted by atomic mass is 9.79. The van der Waals surface area contributed by atoms with E-state index in [9.17, 15) is 14.7 Å². The Morgan fingerprint density at radius 2 is 1.27 bits per heavy atom. The lowest BCUT2D eigenvalue weighted by Gasteiger charge is -2.26. The van der Waals surface area contributed by atoms with Gasteiger partial charge in [0, 0.05) is 0 Å². The summed E-state index contributed by atoms with van der Waals surface area (Å²) < 4.78 is 5.37. The molecule has 0 aliphatic heterocycles. The van der Waals surface area contributed by atoms with Crippen molar-refractivity contribution < 1.29 is 19.4 Å². The Labute approximate surface area is 184 Å². The number of aliphatic carboxylic acids is 1. The standard InChI is InChI=1S/C26H46O4/c1-2-3-4-5-6-7-8-9-10-11-12-13-14-15-16-19-22-30-26(29)24-21-18-17-20-23(24)25(27)28/h9-10,23-24H,2-8,11-22H2,1H3,(H,27,28)/b10-9+. The van der Waals surface area contributed by atoms with Crippen molar-refractivity contribution in [1.29, 1.82) is 0 Å². The molecular weight excluding hydrogens is 376 g/mol. The molecule has 2 atom stereocenters. The van der Waals surface area contributed by atoms with E-state index in [1.807, 2.05) is 0 Å². The fourth-order valence-electron chi connectivity index (χ4n) is 4.34. The number of carbonyl (C=O) groups excluding carboxylic acids is 1. The Hall–Kier alpha value is -1.32. The second-order valence-corrected chi connectivity index (χ2v) is 8.94. The van der Waals surface area contributed by atoms with E-state index in [0.29, 0.717) is 19.4 Å². The molecule has 4 heteroatoms. The predicted molar refractivity (Wildman–Crippen MR) is 123 cm³/mol. The number of allylic oxidation sites excluding steroid dienone is 2. The van der Waals surface area contributed by atoms with E-state index in [1.54, 1.807) is 0 Å². The normalized spacial score (nSPS) is 19.2. The molecule has 1 fully saturated rings. The number of hydrogen-bond acceptors (Lipinski definition) is 3. The van der Waals surface area contributed by atoms with E-state index in [4.69, 9.17) is 4.74 Å². The first-order valence-electron chi connectivity index (χ1n) is 12.7. The van der Waals surface area contributed by atoms with Crippen LogP contribution in [0.25, 0.3) is 0 Å². The van der Waals surface area contributed by atoms with Gasteiger partial charge in [0.05, 0.1) is 18.4 Å². The zero-order chi connectivity index (χ0) is 21.9. The van der Waals surface area contributed by atoms with E-state index in [0.717, 1.165) is 25.7 Å². The van der Waals surface area contributed by atoms with Gasteiger partial charge in [-0.15, -0.1) is 0 Å². The van der Waals surface area contributed by atoms with Crippen LogP contribution in [-0.2, 0) is 14.3 Å². The smallest absolute Gasteiger partial charge is 0.309 e. The van der Waals surface area contributed by atoms with Gasteiger partial charge in [-0.3, -0.25) is 9.59 Å². The van der Waals surface area contributed by atoms with E-state index in [-0.39, 0.29) is 5.97 Å². The van der Waals surface area contributed by atoms with E-state index < -0.39 is 17.8 Å². The number of unbranched alkanes of at least 4 members (excludes halogenated alkanes) is 12. The zero-order valence-electron chi connectivity index (χ0n) is 19.4. The molecule has 1 saturated carbocycles. The van der Waals surface area contributed by atoms with Crippen molar-refractivity contribution in [3.8, 4) is 0 Å². The van der Waals surface area contributed by atoms with Gasteiger partial charge in [-0.25, -0.2) is 0 Å². The lowest BCUT2D eigenvalue weighted by molar-refractivity contribution is -0.159. The quantitative estimate of drug-likeness (QED) is 0.141. The molecule has 0 saturated heterocycles. The van der Waals surface area contributed by atoms with Gasteiger partial charge < -0.3 is 9.84 Å². The molecule has 0 aromatic heterocycles. The zero-order valence-corrected chi connectivity index (χ0v) is 19.4. The summed E-state index contributed by atoms with van der Waals surface area (Å²) in [5.74, 6) is -2.14. The molecule has 0 amide bonds. The molecule has 0 heterocycles. The first-order valence-corrected chi connectivity index (χ1v) is 12.7. The van der Waals surface area contributed by atoms with Crippen molar-refractivity contribution in [2.24, 2.45) is 11.8 Å².